The number of aromatic nitrogens is 2. The minimum absolute atomic E-state index is 0.0654. The highest BCUT2D eigenvalue weighted by Crippen LogP contribution is 2.49. The number of para-hydroxylation sites is 2. The van der Waals surface area contributed by atoms with Crippen LogP contribution in [0.4, 0.5) is 11.4 Å². The van der Waals surface area contributed by atoms with Crippen LogP contribution in [0.2, 0.25) is 0 Å². The average molecular weight is 405 g/mol. The van der Waals surface area contributed by atoms with Crippen LogP contribution in [0.3, 0.4) is 0 Å². The molecular formula is C25H19N5O. The summed E-state index contributed by atoms with van der Waals surface area (Å²) < 4.78 is 0. The molecule has 1 unspecified atom stereocenters. The number of anilines is 2. The van der Waals surface area contributed by atoms with Gasteiger partial charge in [0.05, 0.1) is 11.4 Å². The van der Waals surface area contributed by atoms with Crippen molar-refractivity contribution in [3.63, 3.8) is 0 Å². The molecule has 1 atom stereocenters. The van der Waals surface area contributed by atoms with Crippen LogP contribution in [0, 0.1) is 6.92 Å². The number of rotatable bonds is 2. The molecule has 0 radical (unpaired) electrons. The zero-order chi connectivity index (χ0) is 21.0. The fourth-order valence-electron chi connectivity index (χ4n) is 4.63. The van der Waals surface area contributed by atoms with E-state index in [0.29, 0.717) is 12.1 Å². The standard InChI is InChI=1S/C25H19N5O/c1-16-19(14-17-8-7-13-26-23(17)27-16)22-15-25(30(29-22)18-9-3-2-4-10-18)20-11-5-6-12-21(20)28-24(25)31/h2-14H,15H2,1H3,(H,28,31). The van der Waals surface area contributed by atoms with Crippen molar-refractivity contribution < 1.29 is 4.79 Å². The highest BCUT2D eigenvalue weighted by Gasteiger charge is 2.56. The van der Waals surface area contributed by atoms with Crippen LogP contribution >= 0.6 is 0 Å². The van der Waals surface area contributed by atoms with E-state index in [1.165, 1.54) is 0 Å². The molecule has 0 saturated carbocycles. The van der Waals surface area contributed by atoms with Crippen molar-refractivity contribution in [3.05, 3.63) is 95.8 Å². The molecule has 150 valence electrons. The first-order valence-electron chi connectivity index (χ1n) is 10.2. The predicted octanol–water partition coefficient (Wildman–Crippen LogP) is 4.40. The quantitative estimate of drug-likeness (QED) is 0.537. The van der Waals surface area contributed by atoms with E-state index < -0.39 is 5.54 Å². The van der Waals surface area contributed by atoms with Crippen molar-refractivity contribution in [2.75, 3.05) is 10.3 Å². The van der Waals surface area contributed by atoms with Crippen molar-refractivity contribution in [2.45, 2.75) is 18.9 Å². The van der Waals surface area contributed by atoms with Gasteiger partial charge >= 0.3 is 0 Å². The van der Waals surface area contributed by atoms with Crippen LogP contribution in [0.15, 0.2) is 84.1 Å². The summed E-state index contributed by atoms with van der Waals surface area (Å²) in [5, 5.41) is 10.9. The zero-order valence-corrected chi connectivity index (χ0v) is 16.9. The van der Waals surface area contributed by atoms with Gasteiger partial charge in [0.15, 0.2) is 11.2 Å². The van der Waals surface area contributed by atoms with Crippen molar-refractivity contribution >= 4 is 34.0 Å². The highest BCUT2D eigenvalue weighted by atomic mass is 16.2. The molecular weight excluding hydrogens is 386 g/mol. The molecule has 2 aliphatic rings. The van der Waals surface area contributed by atoms with Gasteiger partial charge in [0.1, 0.15) is 0 Å². The number of hydrogen-bond donors (Lipinski definition) is 1. The molecule has 2 aromatic carbocycles. The van der Waals surface area contributed by atoms with Gasteiger partial charge in [0.2, 0.25) is 0 Å². The molecule has 31 heavy (non-hydrogen) atoms. The largest absolute Gasteiger partial charge is 0.323 e. The summed E-state index contributed by atoms with van der Waals surface area (Å²) in [7, 11) is 0. The van der Waals surface area contributed by atoms with Crippen molar-refractivity contribution in [2.24, 2.45) is 5.10 Å². The van der Waals surface area contributed by atoms with Crippen molar-refractivity contribution in [1.82, 2.24) is 9.97 Å². The summed E-state index contributed by atoms with van der Waals surface area (Å²) >= 11 is 0. The van der Waals surface area contributed by atoms with Gasteiger partial charge in [-0.15, -0.1) is 0 Å². The summed E-state index contributed by atoms with van der Waals surface area (Å²) in [5.41, 5.74) is 5.06. The number of pyridine rings is 2. The Hall–Kier alpha value is -4.06. The topological polar surface area (TPSA) is 70.5 Å². The first kappa shape index (κ1) is 17.8. The lowest BCUT2D eigenvalue weighted by molar-refractivity contribution is -0.120. The molecule has 2 aliphatic heterocycles. The molecule has 4 heterocycles. The first-order chi connectivity index (χ1) is 15.2. The van der Waals surface area contributed by atoms with E-state index in [2.05, 4.69) is 21.4 Å². The van der Waals surface area contributed by atoms with Gasteiger partial charge in [-0.1, -0.05) is 36.4 Å². The number of carbonyl (C=O) groups excluding carboxylic acids is 1. The van der Waals surface area contributed by atoms with Crippen molar-refractivity contribution in [3.8, 4) is 0 Å². The van der Waals surface area contributed by atoms with E-state index in [1.807, 2.05) is 78.7 Å². The minimum atomic E-state index is -0.927. The number of nitrogens with zero attached hydrogens (tertiary/aromatic N) is 4. The lowest BCUT2D eigenvalue weighted by Crippen LogP contribution is -2.46. The molecule has 4 aromatic rings. The molecule has 0 saturated heterocycles. The van der Waals surface area contributed by atoms with E-state index in [9.17, 15) is 4.79 Å². The molecule has 0 aliphatic carbocycles. The van der Waals surface area contributed by atoms with Gasteiger partial charge in [0.25, 0.3) is 5.91 Å². The number of carbonyl (C=O) groups is 1. The maximum absolute atomic E-state index is 13.5. The normalized spacial score (nSPS) is 19.6. The average Bonchev–Trinajstić information content (AvgIpc) is 3.33. The third-order valence-electron chi connectivity index (χ3n) is 6.09. The van der Waals surface area contributed by atoms with E-state index >= 15 is 0 Å². The Bertz CT molecular complexity index is 1380. The maximum Gasteiger partial charge on any atom is 0.257 e. The van der Waals surface area contributed by atoms with E-state index in [0.717, 1.165) is 39.3 Å². The highest BCUT2D eigenvalue weighted by molar-refractivity contribution is 6.16. The second-order valence-corrected chi connectivity index (χ2v) is 7.90. The number of fused-ring (bicyclic) bond motifs is 3. The number of hydrogen-bond acceptors (Lipinski definition) is 5. The molecule has 6 rings (SSSR count). The van der Waals surface area contributed by atoms with Crippen LogP contribution in [0.5, 0.6) is 0 Å². The third-order valence-corrected chi connectivity index (χ3v) is 6.09. The van der Waals surface area contributed by atoms with Crippen LogP contribution in [0.1, 0.15) is 23.2 Å². The van der Waals surface area contributed by atoms with Gasteiger partial charge in [-0.3, -0.25) is 4.79 Å². The summed E-state index contributed by atoms with van der Waals surface area (Å²) in [6, 6.07) is 23.7. The number of benzene rings is 2. The van der Waals surface area contributed by atoms with E-state index in [-0.39, 0.29) is 5.91 Å². The minimum Gasteiger partial charge on any atom is -0.323 e. The summed E-state index contributed by atoms with van der Waals surface area (Å²) in [5.74, 6) is -0.0654. The molecule has 1 N–H and O–H groups in total. The van der Waals surface area contributed by atoms with Crippen LogP contribution in [-0.2, 0) is 10.3 Å². The second-order valence-electron chi connectivity index (χ2n) is 7.90. The Balaban J connectivity index is 1.57. The van der Waals surface area contributed by atoms with Gasteiger partial charge < -0.3 is 5.32 Å². The Morgan fingerprint density at radius 2 is 1.81 bits per heavy atom. The summed E-state index contributed by atoms with van der Waals surface area (Å²) in [4.78, 5) is 22.5. The van der Waals surface area contributed by atoms with Gasteiger partial charge in [-0.2, -0.15) is 5.10 Å². The van der Waals surface area contributed by atoms with E-state index in [1.54, 1.807) is 6.20 Å². The van der Waals surface area contributed by atoms with Crippen LogP contribution in [-0.4, -0.2) is 21.6 Å². The molecule has 2 aromatic heterocycles. The van der Waals surface area contributed by atoms with Gasteiger partial charge in [-0.05, 0) is 43.3 Å². The Labute approximate surface area is 179 Å². The summed E-state index contributed by atoms with van der Waals surface area (Å²) in [6.45, 7) is 1.96. The predicted molar refractivity (Wildman–Crippen MR) is 121 cm³/mol. The Morgan fingerprint density at radius 1 is 1.00 bits per heavy atom. The second kappa shape index (κ2) is 6.47. The lowest BCUT2D eigenvalue weighted by atomic mass is 9.84. The number of aryl methyl sites for hydroxylation is 1. The Kier molecular flexibility index (Phi) is 3.71. The molecule has 1 amide bonds. The van der Waals surface area contributed by atoms with Crippen molar-refractivity contribution in [1.29, 1.82) is 0 Å². The van der Waals surface area contributed by atoms with Crippen LogP contribution < -0.4 is 10.3 Å². The Morgan fingerprint density at radius 3 is 2.68 bits per heavy atom. The first-order valence-corrected chi connectivity index (χ1v) is 10.2. The maximum atomic E-state index is 13.5. The fourth-order valence-corrected chi connectivity index (χ4v) is 4.63. The smallest absolute Gasteiger partial charge is 0.257 e. The molecule has 0 bridgehead atoms. The van der Waals surface area contributed by atoms with E-state index in [4.69, 9.17) is 5.10 Å². The summed E-state index contributed by atoms with van der Waals surface area (Å²) in [6.07, 6.45) is 2.20. The molecule has 0 fully saturated rings. The SMILES string of the molecule is Cc1nc2ncccc2cc1C1=NN(c2ccccc2)C2(C1)C(=O)Nc1ccccc12. The third kappa shape index (κ3) is 2.51. The lowest BCUT2D eigenvalue weighted by Gasteiger charge is -2.32. The van der Waals surface area contributed by atoms with Crippen LogP contribution in [0.25, 0.3) is 11.0 Å². The fraction of sp³-hybridized carbons (Fsp3) is 0.120. The number of amides is 1. The molecule has 6 nitrogen and oxygen atoms in total. The number of hydrazone groups is 1. The van der Waals surface area contributed by atoms with Gasteiger partial charge in [0, 0.05) is 40.5 Å². The molecule has 1 spiro atoms. The van der Waals surface area contributed by atoms with Gasteiger partial charge in [-0.25, -0.2) is 15.0 Å². The monoisotopic (exact) mass is 405 g/mol. The zero-order valence-electron chi connectivity index (χ0n) is 16.9. The number of nitrogens with one attached hydrogen (secondary N) is 1. The molecule has 6 heteroatoms.